The van der Waals surface area contributed by atoms with Crippen LogP contribution in [-0.2, 0) is 16.1 Å². The molecule has 7 nitrogen and oxygen atoms in total. The van der Waals surface area contributed by atoms with Gasteiger partial charge in [0.05, 0.1) is 12.2 Å². The van der Waals surface area contributed by atoms with E-state index in [1.807, 2.05) is 26.0 Å². The SMILES string of the molecule is Cc1cc(C)nc(CN(C)C(=O)CC[C@H]2NC(=O)NC2=O)c1. The minimum atomic E-state index is -0.621. The molecule has 118 valence electrons. The first-order valence-corrected chi connectivity index (χ1v) is 7.14. The van der Waals surface area contributed by atoms with Crippen LogP contribution in [0, 0.1) is 13.8 Å². The summed E-state index contributed by atoms with van der Waals surface area (Å²) in [4.78, 5) is 40.5. The molecule has 0 unspecified atom stereocenters. The summed E-state index contributed by atoms with van der Waals surface area (Å²) < 4.78 is 0. The maximum atomic E-state index is 12.1. The molecular weight excluding hydrogens is 284 g/mol. The van der Waals surface area contributed by atoms with Crippen molar-refractivity contribution < 1.29 is 14.4 Å². The summed E-state index contributed by atoms with van der Waals surface area (Å²) in [5.74, 6) is -0.466. The molecule has 0 bridgehead atoms. The van der Waals surface area contributed by atoms with Crippen LogP contribution in [0.4, 0.5) is 4.79 Å². The van der Waals surface area contributed by atoms with Crippen molar-refractivity contribution in [1.29, 1.82) is 0 Å². The van der Waals surface area contributed by atoms with Crippen LogP contribution in [0.25, 0.3) is 0 Å². The van der Waals surface area contributed by atoms with Gasteiger partial charge in [0.25, 0.3) is 5.91 Å². The topological polar surface area (TPSA) is 91.4 Å². The Labute approximate surface area is 129 Å². The molecule has 0 spiro atoms. The van der Waals surface area contributed by atoms with Crippen LogP contribution in [0.3, 0.4) is 0 Å². The smallest absolute Gasteiger partial charge is 0.322 e. The van der Waals surface area contributed by atoms with E-state index in [2.05, 4.69) is 15.6 Å². The monoisotopic (exact) mass is 304 g/mol. The second-order valence-electron chi connectivity index (χ2n) is 5.58. The zero-order valence-electron chi connectivity index (χ0n) is 13.0. The van der Waals surface area contributed by atoms with Gasteiger partial charge in [0.1, 0.15) is 6.04 Å². The highest BCUT2D eigenvalue weighted by atomic mass is 16.2. The predicted molar refractivity (Wildman–Crippen MR) is 79.9 cm³/mol. The lowest BCUT2D eigenvalue weighted by atomic mass is 10.1. The van der Waals surface area contributed by atoms with E-state index >= 15 is 0 Å². The molecule has 1 aliphatic rings. The number of imide groups is 1. The minimum Gasteiger partial charge on any atom is -0.340 e. The first kappa shape index (κ1) is 15.9. The molecule has 22 heavy (non-hydrogen) atoms. The van der Waals surface area contributed by atoms with E-state index in [-0.39, 0.29) is 18.2 Å². The number of carbonyl (C=O) groups excluding carboxylic acids is 3. The average Bonchev–Trinajstić information content (AvgIpc) is 2.73. The molecule has 2 N–H and O–H groups in total. The fourth-order valence-electron chi connectivity index (χ4n) is 2.46. The summed E-state index contributed by atoms with van der Waals surface area (Å²) in [6.07, 6.45) is 0.487. The van der Waals surface area contributed by atoms with Gasteiger partial charge in [-0.1, -0.05) is 0 Å². The van der Waals surface area contributed by atoms with Gasteiger partial charge in [-0.25, -0.2) is 4.79 Å². The molecule has 0 aliphatic carbocycles. The summed E-state index contributed by atoms with van der Waals surface area (Å²) in [5, 5.41) is 4.63. The van der Waals surface area contributed by atoms with E-state index in [4.69, 9.17) is 0 Å². The molecule has 4 amide bonds. The number of rotatable bonds is 5. The summed E-state index contributed by atoms with van der Waals surface area (Å²) in [7, 11) is 1.70. The fraction of sp³-hybridized carbons (Fsp3) is 0.467. The van der Waals surface area contributed by atoms with Gasteiger partial charge in [0, 0.05) is 19.2 Å². The van der Waals surface area contributed by atoms with E-state index in [1.54, 1.807) is 11.9 Å². The maximum absolute atomic E-state index is 12.1. The molecule has 7 heteroatoms. The Balaban J connectivity index is 1.87. The first-order valence-electron chi connectivity index (χ1n) is 7.14. The van der Waals surface area contributed by atoms with Crippen molar-refractivity contribution in [2.45, 2.75) is 39.3 Å². The van der Waals surface area contributed by atoms with Crippen LogP contribution in [0.5, 0.6) is 0 Å². The third-order valence-electron chi connectivity index (χ3n) is 3.48. The van der Waals surface area contributed by atoms with Crippen molar-refractivity contribution in [2.75, 3.05) is 7.05 Å². The molecule has 1 fully saturated rings. The lowest BCUT2D eigenvalue weighted by Crippen LogP contribution is -2.32. The highest BCUT2D eigenvalue weighted by Gasteiger charge is 2.29. The van der Waals surface area contributed by atoms with Crippen molar-refractivity contribution in [2.24, 2.45) is 0 Å². The van der Waals surface area contributed by atoms with Gasteiger partial charge in [-0.05, 0) is 38.0 Å². The molecule has 0 radical (unpaired) electrons. The Bertz CT molecular complexity index is 595. The first-order chi connectivity index (χ1) is 10.3. The zero-order valence-corrected chi connectivity index (χ0v) is 13.0. The van der Waals surface area contributed by atoms with Crippen LogP contribution in [0.1, 0.15) is 29.8 Å². The second-order valence-corrected chi connectivity index (χ2v) is 5.58. The molecule has 0 aromatic carbocycles. The molecule has 1 atom stereocenters. The van der Waals surface area contributed by atoms with Gasteiger partial charge in [0.15, 0.2) is 0 Å². The average molecular weight is 304 g/mol. The van der Waals surface area contributed by atoms with Crippen molar-refractivity contribution in [3.05, 3.63) is 29.1 Å². The van der Waals surface area contributed by atoms with Crippen molar-refractivity contribution in [3.63, 3.8) is 0 Å². The Morgan fingerprint density at radius 3 is 2.64 bits per heavy atom. The number of pyridine rings is 1. The summed E-state index contributed by atoms with van der Waals surface area (Å²) in [6, 6.07) is 2.80. The molecule has 1 aromatic rings. The molecule has 1 saturated heterocycles. The highest BCUT2D eigenvalue weighted by molar-refractivity contribution is 6.04. The third kappa shape index (κ3) is 4.03. The predicted octanol–water partition coefficient (Wildman–Crippen LogP) is 0.645. The lowest BCUT2D eigenvalue weighted by Gasteiger charge is -2.18. The number of carbonyl (C=O) groups is 3. The van der Waals surface area contributed by atoms with Gasteiger partial charge < -0.3 is 10.2 Å². The van der Waals surface area contributed by atoms with E-state index in [1.165, 1.54) is 0 Å². The van der Waals surface area contributed by atoms with Gasteiger partial charge >= 0.3 is 6.03 Å². The van der Waals surface area contributed by atoms with Crippen molar-refractivity contribution >= 4 is 17.8 Å². The Kier molecular flexibility index (Phi) is 4.75. The quantitative estimate of drug-likeness (QED) is 0.781. The standard InChI is InChI=1S/C15H20N4O3/c1-9-6-10(2)16-11(7-9)8-19(3)13(20)5-4-12-14(21)18-15(22)17-12/h6-7,12H,4-5,8H2,1-3H3,(H2,17,18,21,22)/t12-/m1/s1. The molecule has 0 saturated carbocycles. The Morgan fingerprint density at radius 1 is 1.32 bits per heavy atom. The van der Waals surface area contributed by atoms with Gasteiger partial charge in [-0.3, -0.25) is 19.9 Å². The summed E-state index contributed by atoms with van der Waals surface area (Å²) in [6.45, 7) is 4.33. The highest BCUT2D eigenvalue weighted by Crippen LogP contribution is 2.09. The Morgan fingerprint density at radius 2 is 2.05 bits per heavy atom. The number of nitrogens with one attached hydrogen (secondary N) is 2. The van der Waals surface area contributed by atoms with E-state index in [0.717, 1.165) is 17.0 Å². The van der Waals surface area contributed by atoms with Gasteiger partial charge in [-0.2, -0.15) is 0 Å². The molecule has 2 heterocycles. The molecular formula is C15H20N4O3. The largest absolute Gasteiger partial charge is 0.340 e. The maximum Gasteiger partial charge on any atom is 0.322 e. The van der Waals surface area contributed by atoms with Crippen LogP contribution in [0.2, 0.25) is 0 Å². The van der Waals surface area contributed by atoms with Gasteiger partial charge in [0.2, 0.25) is 5.91 Å². The Hall–Kier alpha value is -2.44. The zero-order chi connectivity index (χ0) is 16.3. The van der Waals surface area contributed by atoms with Crippen molar-refractivity contribution in [3.8, 4) is 0 Å². The minimum absolute atomic E-state index is 0.0880. The van der Waals surface area contributed by atoms with Crippen LogP contribution in [0.15, 0.2) is 12.1 Å². The normalized spacial score (nSPS) is 17.1. The van der Waals surface area contributed by atoms with Crippen LogP contribution in [-0.4, -0.2) is 40.8 Å². The van der Waals surface area contributed by atoms with E-state index < -0.39 is 12.1 Å². The second kappa shape index (κ2) is 6.55. The number of hydrogen-bond acceptors (Lipinski definition) is 4. The molecule has 1 aliphatic heterocycles. The van der Waals surface area contributed by atoms with E-state index in [0.29, 0.717) is 13.0 Å². The molecule has 2 rings (SSSR count). The number of urea groups is 1. The number of aromatic nitrogens is 1. The van der Waals surface area contributed by atoms with Crippen LogP contribution >= 0.6 is 0 Å². The fourth-order valence-corrected chi connectivity index (χ4v) is 2.46. The van der Waals surface area contributed by atoms with Crippen molar-refractivity contribution in [1.82, 2.24) is 20.5 Å². The number of hydrogen-bond donors (Lipinski definition) is 2. The summed E-state index contributed by atoms with van der Waals surface area (Å²) >= 11 is 0. The number of amides is 4. The molecule has 1 aromatic heterocycles. The lowest BCUT2D eigenvalue weighted by molar-refractivity contribution is -0.130. The number of nitrogens with zero attached hydrogens (tertiary/aromatic N) is 2. The summed E-state index contributed by atoms with van der Waals surface area (Å²) in [5.41, 5.74) is 2.86. The number of aryl methyl sites for hydroxylation is 2. The third-order valence-corrected chi connectivity index (χ3v) is 3.48. The van der Waals surface area contributed by atoms with Crippen LogP contribution < -0.4 is 10.6 Å². The van der Waals surface area contributed by atoms with E-state index in [9.17, 15) is 14.4 Å². The van der Waals surface area contributed by atoms with Gasteiger partial charge in [-0.15, -0.1) is 0 Å².